The number of nitrogens with zero attached hydrogens (tertiary/aromatic N) is 1. The van der Waals surface area contributed by atoms with Gasteiger partial charge in [0.2, 0.25) is 0 Å². The van der Waals surface area contributed by atoms with E-state index in [9.17, 15) is 0 Å². The van der Waals surface area contributed by atoms with Crippen molar-refractivity contribution in [1.82, 2.24) is 4.98 Å². The minimum atomic E-state index is 0.930. The van der Waals surface area contributed by atoms with Crippen LogP contribution in [0.5, 0.6) is 5.75 Å². The van der Waals surface area contributed by atoms with Crippen LogP contribution in [0, 0.1) is 0 Å². The predicted molar refractivity (Wildman–Crippen MR) is 87.0 cm³/mol. The second-order valence-corrected chi connectivity index (χ2v) is 6.74. The zero-order valence-corrected chi connectivity index (χ0v) is 12.4. The van der Waals surface area contributed by atoms with E-state index in [4.69, 9.17) is 9.72 Å². The molecule has 98 valence electrons. The predicted octanol–water partition coefficient (Wildman–Crippen LogP) is 5.19. The average molecular weight is 297 g/mol. The van der Waals surface area contributed by atoms with Crippen LogP contribution in [-0.4, -0.2) is 12.1 Å². The Morgan fingerprint density at radius 3 is 2.60 bits per heavy atom. The lowest BCUT2D eigenvalue weighted by atomic mass is 10.2. The lowest BCUT2D eigenvalue weighted by Gasteiger charge is -1.99. The first-order valence-electron chi connectivity index (χ1n) is 6.28. The van der Waals surface area contributed by atoms with Gasteiger partial charge in [-0.05, 0) is 6.07 Å². The van der Waals surface area contributed by atoms with E-state index < -0.39 is 0 Å². The fraction of sp³-hybridized carbons (Fsp3) is 0.0625. The van der Waals surface area contributed by atoms with Crippen LogP contribution in [0.2, 0.25) is 0 Å². The molecule has 4 heteroatoms. The number of thiazole rings is 1. The maximum absolute atomic E-state index is 5.43. The third kappa shape index (κ3) is 1.72. The highest BCUT2D eigenvalue weighted by molar-refractivity contribution is 7.42. The zero-order chi connectivity index (χ0) is 13.5. The number of benzene rings is 2. The number of fused-ring (bicyclic) bond motifs is 3. The van der Waals surface area contributed by atoms with Crippen molar-refractivity contribution in [1.29, 1.82) is 0 Å². The number of hydrogen-bond donors (Lipinski definition) is 0. The molecule has 0 N–H and O–H groups in total. The van der Waals surface area contributed by atoms with E-state index in [2.05, 4.69) is 18.2 Å². The molecule has 20 heavy (non-hydrogen) atoms. The molecule has 0 saturated carbocycles. The van der Waals surface area contributed by atoms with Crippen LogP contribution in [-0.2, 0) is 0 Å². The fourth-order valence-corrected chi connectivity index (χ4v) is 4.75. The number of methoxy groups -OCH3 is 1. The highest BCUT2D eigenvalue weighted by atomic mass is 32.2. The molecule has 0 amide bonds. The molecule has 0 unspecified atom stereocenters. The summed E-state index contributed by atoms with van der Waals surface area (Å²) in [7, 11) is 1.71. The SMILES string of the molecule is COc1cccc2c1sc1sc(-c3ccccc3)nc12. The summed E-state index contributed by atoms with van der Waals surface area (Å²) in [6.07, 6.45) is 0. The summed E-state index contributed by atoms with van der Waals surface area (Å²) < 4.78 is 7.87. The van der Waals surface area contributed by atoms with Gasteiger partial charge in [-0.1, -0.05) is 42.5 Å². The summed E-state index contributed by atoms with van der Waals surface area (Å²) in [6, 6.07) is 16.5. The molecule has 0 spiro atoms. The first-order valence-corrected chi connectivity index (χ1v) is 7.91. The van der Waals surface area contributed by atoms with Gasteiger partial charge in [0.15, 0.2) is 0 Å². The van der Waals surface area contributed by atoms with E-state index in [0.29, 0.717) is 0 Å². The second-order valence-electron chi connectivity index (χ2n) is 4.46. The standard InChI is InChI=1S/C16H11NOS2/c1-18-12-9-5-8-11-13-16(19-14(11)12)20-15(17-13)10-6-3-2-4-7-10/h2-9H,1H3. The molecule has 4 rings (SSSR count). The van der Waals surface area contributed by atoms with E-state index in [1.165, 1.54) is 19.7 Å². The molecule has 2 aromatic carbocycles. The highest BCUT2D eigenvalue weighted by Crippen LogP contribution is 2.43. The quantitative estimate of drug-likeness (QED) is 0.508. The minimum absolute atomic E-state index is 0.930. The van der Waals surface area contributed by atoms with Gasteiger partial charge < -0.3 is 4.74 Å². The molecule has 0 aliphatic heterocycles. The maximum Gasteiger partial charge on any atom is 0.136 e. The van der Waals surface area contributed by atoms with E-state index >= 15 is 0 Å². The van der Waals surface area contributed by atoms with Gasteiger partial charge in [0.1, 0.15) is 20.3 Å². The van der Waals surface area contributed by atoms with Crippen molar-refractivity contribution >= 4 is 42.3 Å². The van der Waals surface area contributed by atoms with E-state index in [0.717, 1.165) is 16.3 Å². The molecule has 0 atom stereocenters. The number of thiophene rings is 1. The molecule has 0 fully saturated rings. The fourth-order valence-electron chi connectivity index (χ4n) is 2.31. The monoisotopic (exact) mass is 297 g/mol. The Balaban J connectivity index is 1.98. The Morgan fingerprint density at radius 1 is 0.950 bits per heavy atom. The highest BCUT2D eigenvalue weighted by Gasteiger charge is 2.14. The van der Waals surface area contributed by atoms with Crippen molar-refractivity contribution in [3.8, 4) is 16.3 Å². The summed E-state index contributed by atoms with van der Waals surface area (Å²) >= 11 is 3.51. The Hall–Kier alpha value is -1.91. The van der Waals surface area contributed by atoms with Gasteiger partial charge in [0.05, 0.1) is 11.8 Å². The average Bonchev–Trinajstić information content (AvgIpc) is 3.05. The second kappa shape index (κ2) is 4.58. The van der Waals surface area contributed by atoms with Crippen LogP contribution in [0.15, 0.2) is 48.5 Å². The van der Waals surface area contributed by atoms with Gasteiger partial charge in [0, 0.05) is 10.9 Å². The van der Waals surface area contributed by atoms with E-state index in [1.54, 1.807) is 29.8 Å². The largest absolute Gasteiger partial charge is 0.495 e. The van der Waals surface area contributed by atoms with Crippen LogP contribution < -0.4 is 4.74 Å². The van der Waals surface area contributed by atoms with Crippen LogP contribution >= 0.6 is 22.7 Å². The lowest BCUT2D eigenvalue weighted by molar-refractivity contribution is 0.420. The Kier molecular flexibility index (Phi) is 2.72. The molecule has 0 saturated heterocycles. The molecule has 0 bridgehead atoms. The number of ether oxygens (including phenoxy) is 1. The van der Waals surface area contributed by atoms with Crippen LogP contribution in [0.25, 0.3) is 30.2 Å². The maximum atomic E-state index is 5.43. The van der Waals surface area contributed by atoms with Crippen LogP contribution in [0.3, 0.4) is 0 Å². The molecule has 4 aromatic rings. The summed E-state index contributed by atoms with van der Waals surface area (Å²) in [4.78, 5) is 4.82. The molecule has 0 radical (unpaired) electrons. The molecular weight excluding hydrogens is 286 g/mol. The van der Waals surface area contributed by atoms with Gasteiger partial charge in [-0.2, -0.15) is 0 Å². The van der Waals surface area contributed by atoms with Gasteiger partial charge >= 0.3 is 0 Å². The summed E-state index contributed by atoms with van der Waals surface area (Å²) in [5, 5.41) is 2.26. The number of aromatic nitrogens is 1. The molecule has 0 aliphatic rings. The molecule has 2 heterocycles. The minimum Gasteiger partial charge on any atom is -0.495 e. The summed E-state index contributed by atoms with van der Waals surface area (Å²) in [5.41, 5.74) is 2.27. The smallest absolute Gasteiger partial charge is 0.136 e. The Labute approximate surface area is 124 Å². The van der Waals surface area contributed by atoms with Gasteiger partial charge in [-0.3, -0.25) is 0 Å². The summed E-state index contributed by atoms with van der Waals surface area (Å²) in [6.45, 7) is 0. The van der Waals surface area contributed by atoms with Crippen molar-refractivity contribution < 1.29 is 4.74 Å². The lowest BCUT2D eigenvalue weighted by Crippen LogP contribution is -1.81. The van der Waals surface area contributed by atoms with Crippen LogP contribution in [0.4, 0.5) is 0 Å². The van der Waals surface area contributed by atoms with E-state index in [-0.39, 0.29) is 0 Å². The van der Waals surface area contributed by atoms with Crippen molar-refractivity contribution in [2.24, 2.45) is 0 Å². The molecule has 2 nitrogen and oxygen atoms in total. The van der Waals surface area contributed by atoms with Gasteiger partial charge in [-0.15, -0.1) is 22.7 Å². The third-order valence-electron chi connectivity index (χ3n) is 3.27. The summed E-state index contributed by atoms with van der Waals surface area (Å²) in [5.74, 6) is 0.930. The van der Waals surface area contributed by atoms with Crippen molar-refractivity contribution in [2.75, 3.05) is 7.11 Å². The van der Waals surface area contributed by atoms with Gasteiger partial charge in [0.25, 0.3) is 0 Å². The zero-order valence-electron chi connectivity index (χ0n) is 10.8. The Bertz CT molecular complexity index is 893. The normalized spacial score (nSPS) is 11.2. The number of rotatable bonds is 2. The van der Waals surface area contributed by atoms with E-state index in [1.807, 2.05) is 30.3 Å². The van der Waals surface area contributed by atoms with Gasteiger partial charge in [-0.25, -0.2) is 4.98 Å². The molecular formula is C16H11NOS2. The molecule has 0 aliphatic carbocycles. The van der Waals surface area contributed by atoms with Crippen molar-refractivity contribution in [3.63, 3.8) is 0 Å². The Morgan fingerprint density at radius 2 is 1.80 bits per heavy atom. The van der Waals surface area contributed by atoms with Crippen molar-refractivity contribution in [3.05, 3.63) is 48.5 Å². The van der Waals surface area contributed by atoms with Crippen LogP contribution in [0.1, 0.15) is 0 Å². The first-order chi connectivity index (χ1) is 9.86. The molecule has 2 aromatic heterocycles. The first kappa shape index (κ1) is 11.9. The topological polar surface area (TPSA) is 22.1 Å². The third-order valence-corrected chi connectivity index (χ3v) is 5.67. The number of hydrogen-bond acceptors (Lipinski definition) is 4. The van der Waals surface area contributed by atoms with Crippen molar-refractivity contribution in [2.45, 2.75) is 0 Å².